The second-order valence-electron chi connectivity index (χ2n) is 8.27. The predicted molar refractivity (Wildman–Crippen MR) is 121 cm³/mol. The molecule has 3 atom stereocenters. The van der Waals surface area contributed by atoms with Crippen molar-refractivity contribution in [1.82, 2.24) is 9.21 Å². The molecule has 0 radical (unpaired) electrons. The molecule has 0 bridgehead atoms. The van der Waals surface area contributed by atoms with Crippen molar-refractivity contribution in [2.24, 2.45) is 0 Å². The van der Waals surface area contributed by atoms with Crippen LogP contribution in [-0.4, -0.2) is 68.5 Å². The van der Waals surface area contributed by atoms with Crippen molar-refractivity contribution in [3.05, 3.63) is 64.7 Å². The number of hydrogen-bond donors (Lipinski definition) is 0. The van der Waals surface area contributed by atoms with Crippen LogP contribution in [0.5, 0.6) is 0 Å². The van der Waals surface area contributed by atoms with Crippen LogP contribution in [0, 0.1) is 0 Å². The molecule has 1 amide bonds. The summed E-state index contributed by atoms with van der Waals surface area (Å²) in [6, 6.07) is 13.6. The Kier molecular flexibility index (Phi) is 6.88. The molecule has 32 heavy (non-hydrogen) atoms. The molecule has 7 nitrogen and oxygen atoms in total. The fourth-order valence-electron chi connectivity index (χ4n) is 4.14. The van der Waals surface area contributed by atoms with Gasteiger partial charge in [0.15, 0.2) is 0 Å². The number of sulfonamides is 1. The van der Waals surface area contributed by atoms with E-state index >= 15 is 0 Å². The number of nitrogens with zero attached hydrogens (tertiary/aromatic N) is 2. The lowest BCUT2D eigenvalue weighted by molar-refractivity contribution is -0.0440. The van der Waals surface area contributed by atoms with E-state index < -0.39 is 10.0 Å². The average molecular weight is 479 g/mol. The molecule has 0 spiro atoms. The zero-order valence-corrected chi connectivity index (χ0v) is 19.7. The van der Waals surface area contributed by atoms with Gasteiger partial charge >= 0.3 is 0 Å². The van der Waals surface area contributed by atoms with Gasteiger partial charge in [0, 0.05) is 30.2 Å². The lowest BCUT2D eigenvalue weighted by Gasteiger charge is -2.34. The molecule has 0 N–H and O–H groups in total. The number of rotatable bonds is 4. The minimum Gasteiger partial charge on any atom is -0.373 e. The molecule has 2 heterocycles. The van der Waals surface area contributed by atoms with Crippen LogP contribution in [0.15, 0.2) is 53.4 Å². The molecule has 0 aliphatic carbocycles. The van der Waals surface area contributed by atoms with Gasteiger partial charge in [-0.3, -0.25) is 4.79 Å². The maximum Gasteiger partial charge on any atom is 0.254 e. The Bertz CT molecular complexity index is 1050. The summed E-state index contributed by atoms with van der Waals surface area (Å²) in [6.07, 6.45) is -0.552. The SMILES string of the molecule is CC1CN(S(=O)(=O)c2ccc(C(=O)N3CCOC(c4ccc(Cl)cc4)C3)cc2)CC(C)O1. The zero-order chi connectivity index (χ0) is 22.9. The first kappa shape index (κ1) is 23.2. The number of morpholine rings is 2. The number of carbonyl (C=O) groups excluding carboxylic acids is 1. The van der Waals surface area contributed by atoms with Crippen LogP contribution in [0.25, 0.3) is 0 Å². The second-order valence-corrected chi connectivity index (χ2v) is 10.6. The molecule has 172 valence electrons. The third-order valence-corrected chi connectivity index (χ3v) is 7.82. The molecule has 2 aromatic rings. The largest absolute Gasteiger partial charge is 0.373 e. The number of amides is 1. The Balaban J connectivity index is 1.46. The monoisotopic (exact) mass is 478 g/mol. The fraction of sp³-hybridized carbons (Fsp3) is 0.435. The Morgan fingerprint density at radius 2 is 1.59 bits per heavy atom. The van der Waals surface area contributed by atoms with E-state index in [0.717, 1.165) is 5.56 Å². The van der Waals surface area contributed by atoms with E-state index in [2.05, 4.69) is 0 Å². The predicted octanol–water partition coefficient (Wildman–Crippen LogP) is 3.35. The first-order valence-electron chi connectivity index (χ1n) is 10.7. The van der Waals surface area contributed by atoms with Crippen molar-refractivity contribution >= 4 is 27.5 Å². The van der Waals surface area contributed by atoms with Crippen LogP contribution >= 0.6 is 11.6 Å². The summed E-state index contributed by atoms with van der Waals surface area (Å²) in [4.78, 5) is 15.0. The van der Waals surface area contributed by atoms with Crippen LogP contribution in [0.2, 0.25) is 5.02 Å². The van der Waals surface area contributed by atoms with Crippen molar-refractivity contribution in [1.29, 1.82) is 0 Å². The molecule has 2 aromatic carbocycles. The molecular weight excluding hydrogens is 452 g/mol. The van der Waals surface area contributed by atoms with Gasteiger partial charge in [0.25, 0.3) is 5.91 Å². The fourth-order valence-corrected chi connectivity index (χ4v) is 5.86. The van der Waals surface area contributed by atoms with E-state index in [9.17, 15) is 13.2 Å². The Labute approximate surface area is 193 Å². The van der Waals surface area contributed by atoms with E-state index in [0.29, 0.717) is 43.4 Å². The smallest absolute Gasteiger partial charge is 0.254 e. The minimum atomic E-state index is -3.65. The minimum absolute atomic E-state index is 0.148. The highest BCUT2D eigenvalue weighted by atomic mass is 35.5. The highest BCUT2D eigenvalue weighted by molar-refractivity contribution is 7.89. The lowest BCUT2D eigenvalue weighted by atomic mass is 10.1. The highest BCUT2D eigenvalue weighted by Crippen LogP contribution is 2.26. The van der Waals surface area contributed by atoms with Gasteiger partial charge in [-0.2, -0.15) is 4.31 Å². The molecule has 4 rings (SSSR count). The number of hydrogen-bond acceptors (Lipinski definition) is 5. The molecule has 2 aliphatic rings. The molecule has 0 saturated carbocycles. The van der Waals surface area contributed by atoms with E-state index in [1.54, 1.807) is 29.2 Å². The average Bonchev–Trinajstić information content (AvgIpc) is 2.78. The van der Waals surface area contributed by atoms with Crippen LogP contribution in [-0.2, 0) is 19.5 Å². The van der Waals surface area contributed by atoms with E-state index in [1.165, 1.54) is 16.4 Å². The Morgan fingerprint density at radius 3 is 2.22 bits per heavy atom. The molecule has 2 fully saturated rings. The summed E-state index contributed by atoms with van der Waals surface area (Å²) in [5.74, 6) is -0.148. The first-order valence-corrected chi connectivity index (χ1v) is 12.5. The van der Waals surface area contributed by atoms with E-state index in [1.807, 2.05) is 26.0 Å². The van der Waals surface area contributed by atoms with Gasteiger partial charge in [0.05, 0.1) is 30.3 Å². The van der Waals surface area contributed by atoms with Crippen LogP contribution in [0.3, 0.4) is 0 Å². The molecule has 3 unspecified atom stereocenters. The van der Waals surface area contributed by atoms with Gasteiger partial charge in [-0.15, -0.1) is 0 Å². The van der Waals surface area contributed by atoms with Crippen molar-refractivity contribution in [2.75, 3.05) is 32.8 Å². The topological polar surface area (TPSA) is 76.2 Å². The van der Waals surface area contributed by atoms with E-state index in [4.69, 9.17) is 21.1 Å². The first-order chi connectivity index (χ1) is 15.2. The van der Waals surface area contributed by atoms with Crippen molar-refractivity contribution < 1.29 is 22.7 Å². The molecule has 2 saturated heterocycles. The molecule has 2 aliphatic heterocycles. The van der Waals surface area contributed by atoms with Gasteiger partial charge < -0.3 is 14.4 Å². The van der Waals surface area contributed by atoms with Crippen molar-refractivity contribution in [2.45, 2.75) is 37.1 Å². The van der Waals surface area contributed by atoms with Crippen molar-refractivity contribution in [3.63, 3.8) is 0 Å². The quantitative estimate of drug-likeness (QED) is 0.673. The van der Waals surface area contributed by atoms with Crippen LogP contribution in [0.1, 0.15) is 35.9 Å². The summed E-state index contributed by atoms with van der Waals surface area (Å²) in [6.45, 7) is 5.68. The summed E-state index contributed by atoms with van der Waals surface area (Å²) in [5.41, 5.74) is 1.41. The van der Waals surface area contributed by atoms with Gasteiger partial charge in [0.1, 0.15) is 6.10 Å². The number of ether oxygens (including phenoxy) is 2. The summed E-state index contributed by atoms with van der Waals surface area (Å²) in [5, 5.41) is 0.647. The van der Waals surface area contributed by atoms with Crippen molar-refractivity contribution in [3.8, 4) is 0 Å². The molecular formula is C23H27ClN2O5S. The second kappa shape index (κ2) is 9.49. The Morgan fingerprint density at radius 1 is 0.969 bits per heavy atom. The number of carbonyl (C=O) groups is 1. The normalized spacial score (nSPS) is 25.0. The molecule has 9 heteroatoms. The lowest BCUT2D eigenvalue weighted by Crippen LogP contribution is -2.48. The zero-order valence-electron chi connectivity index (χ0n) is 18.1. The standard InChI is InChI=1S/C23H27ClN2O5S/c1-16-13-26(14-17(2)31-16)32(28,29)21-9-5-19(6-10-21)23(27)25-11-12-30-22(15-25)18-3-7-20(24)8-4-18/h3-10,16-17,22H,11-15H2,1-2H3. The van der Waals surface area contributed by atoms with Gasteiger partial charge in [-0.25, -0.2) is 8.42 Å². The maximum atomic E-state index is 13.1. The third kappa shape index (κ3) is 5.00. The van der Waals surface area contributed by atoms with Gasteiger partial charge in [-0.05, 0) is 55.8 Å². The summed E-state index contributed by atoms with van der Waals surface area (Å²) in [7, 11) is -3.65. The van der Waals surface area contributed by atoms with Gasteiger partial charge in [0.2, 0.25) is 10.0 Å². The third-order valence-electron chi connectivity index (χ3n) is 5.72. The van der Waals surface area contributed by atoms with Gasteiger partial charge in [-0.1, -0.05) is 23.7 Å². The van der Waals surface area contributed by atoms with Crippen LogP contribution < -0.4 is 0 Å². The molecule has 0 aromatic heterocycles. The highest BCUT2D eigenvalue weighted by Gasteiger charge is 2.32. The summed E-state index contributed by atoms with van der Waals surface area (Å²) >= 11 is 5.96. The maximum absolute atomic E-state index is 13.1. The summed E-state index contributed by atoms with van der Waals surface area (Å²) < 4.78 is 39.0. The van der Waals surface area contributed by atoms with Crippen LogP contribution in [0.4, 0.5) is 0 Å². The van der Waals surface area contributed by atoms with E-state index in [-0.39, 0.29) is 29.1 Å². The number of benzene rings is 2. The number of halogens is 1. The Hall–Kier alpha value is -1.97.